The highest BCUT2D eigenvalue weighted by Crippen LogP contribution is 2.21. The Labute approximate surface area is 212 Å². The lowest BCUT2D eigenvalue weighted by molar-refractivity contribution is 0.0950. The standard InChI is InChI=1S/C25H27N7O3S.2H2/c1-32(2)10-9-27-24-6-4-5-21(31-24)22-8-7-17-14-28-19(12-23(17)30-22)15-29-25(33)18-11-20(16-26-13-18)36(3,34)35;;/h4-8,11-14,16H,9-10,15H2,1-3H3,(H,27,31)(H,29,33);2*1H. The maximum atomic E-state index is 12.5. The number of anilines is 1. The number of hydrogen-bond acceptors (Lipinski definition) is 9. The predicted molar refractivity (Wildman–Crippen MR) is 143 cm³/mol. The van der Waals surface area contributed by atoms with Gasteiger partial charge in [-0.1, -0.05) is 6.07 Å². The second-order valence-corrected chi connectivity index (χ2v) is 10.6. The summed E-state index contributed by atoms with van der Waals surface area (Å²) in [5.41, 5.74) is 2.96. The second-order valence-electron chi connectivity index (χ2n) is 8.57. The van der Waals surface area contributed by atoms with Gasteiger partial charge in [-0.25, -0.2) is 18.4 Å². The molecule has 0 fully saturated rings. The van der Waals surface area contributed by atoms with Gasteiger partial charge in [0.15, 0.2) is 9.84 Å². The first-order chi connectivity index (χ1) is 17.2. The molecule has 36 heavy (non-hydrogen) atoms. The van der Waals surface area contributed by atoms with Gasteiger partial charge >= 0.3 is 0 Å². The van der Waals surface area contributed by atoms with E-state index in [0.717, 1.165) is 47.5 Å². The van der Waals surface area contributed by atoms with Gasteiger partial charge in [-0.2, -0.15) is 0 Å². The van der Waals surface area contributed by atoms with Crippen molar-refractivity contribution in [2.75, 3.05) is 38.8 Å². The first kappa shape index (κ1) is 25.1. The van der Waals surface area contributed by atoms with Crippen LogP contribution in [0.5, 0.6) is 0 Å². The number of rotatable bonds is 9. The number of fused-ring (bicyclic) bond motifs is 1. The van der Waals surface area contributed by atoms with E-state index in [1.165, 1.54) is 18.5 Å². The largest absolute Gasteiger partial charge is 0.369 e. The normalized spacial score (nSPS) is 11.6. The summed E-state index contributed by atoms with van der Waals surface area (Å²) in [7, 11) is 0.579. The predicted octanol–water partition coefficient (Wildman–Crippen LogP) is 2.89. The average molecular weight is 510 g/mol. The average Bonchev–Trinajstić information content (AvgIpc) is 2.86. The smallest absolute Gasteiger partial charge is 0.253 e. The van der Waals surface area contributed by atoms with Crippen LogP contribution in [-0.4, -0.2) is 72.6 Å². The third-order valence-corrected chi connectivity index (χ3v) is 6.42. The van der Waals surface area contributed by atoms with Gasteiger partial charge in [-0.15, -0.1) is 0 Å². The minimum atomic E-state index is -3.46. The molecule has 0 saturated heterocycles. The molecule has 11 heteroatoms. The number of carbonyl (C=O) groups is 1. The molecule has 0 aliphatic rings. The van der Waals surface area contributed by atoms with E-state index in [0.29, 0.717) is 5.69 Å². The van der Waals surface area contributed by atoms with E-state index in [1.54, 1.807) is 6.20 Å². The molecule has 1 amide bonds. The molecule has 0 unspecified atom stereocenters. The summed E-state index contributed by atoms with van der Waals surface area (Å²) >= 11 is 0. The van der Waals surface area contributed by atoms with Crippen molar-refractivity contribution in [2.24, 2.45) is 0 Å². The van der Waals surface area contributed by atoms with E-state index >= 15 is 0 Å². The molecule has 0 aromatic carbocycles. The molecule has 4 aromatic rings. The quantitative estimate of drug-likeness (QED) is 0.350. The fraction of sp³-hybridized carbons (Fsp3) is 0.240. The number of hydrogen-bond donors (Lipinski definition) is 2. The molecule has 4 rings (SSSR count). The van der Waals surface area contributed by atoms with E-state index in [9.17, 15) is 13.2 Å². The van der Waals surface area contributed by atoms with Crippen LogP contribution in [0, 0.1) is 0 Å². The molecule has 4 heterocycles. The molecule has 0 spiro atoms. The number of pyridine rings is 4. The van der Waals surface area contributed by atoms with Gasteiger partial charge in [0, 0.05) is 46.2 Å². The lowest BCUT2D eigenvalue weighted by Gasteiger charge is -2.11. The Morgan fingerprint density at radius 1 is 1.03 bits per heavy atom. The van der Waals surface area contributed by atoms with E-state index in [-0.39, 0.29) is 19.9 Å². The highest BCUT2D eigenvalue weighted by Gasteiger charge is 2.13. The SMILES string of the molecule is CN(C)CCNc1cccc(-c2ccc3cnc(CNC(=O)c4cncc(S(C)(=O)=O)c4)cc3n2)n1.[HH].[HH]. The van der Waals surface area contributed by atoms with Gasteiger partial charge in [0.1, 0.15) is 5.82 Å². The van der Waals surface area contributed by atoms with Crippen LogP contribution in [0.25, 0.3) is 22.3 Å². The van der Waals surface area contributed by atoms with Crippen LogP contribution in [-0.2, 0) is 16.4 Å². The van der Waals surface area contributed by atoms with Gasteiger partial charge in [0.05, 0.1) is 39.6 Å². The Hall–Kier alpha value is -3.96. The van der Waals surface area contributed by atoms with Crippen LogP contribution >= 0.6 is 0 Å². The van der Waals surface area contributed by atoms with E-state index < -0.39 is 15.7 Å². The summed E-state index contributed by atoms with van der Waals surface area (Å²) in [5.74, 6) is 0.336. The third-order valence-electron chi connectivity index (χ3n) is 5.34. The molecule has 0 atom stereocenters. The van der Waals surface area contributed by atoms with Crippen molar-refractivity contribution < 1.29 is 16.1 Å². The summed E-state index contributed by atoms with van der Waals surface area (Å²) in [4.78, 5) is 32.3. The van der Waals surface area contributed by atoms with Crippen LogP contribution in [0.15, 0.2) is 66.0 Å². The molecular weight excluding hydrogens is 478 g/mol. The number of likely N-dealkylation sites (N-methyl/N-ethyl adjacent to an activating group) is 1. The van der Waals surface area contributed by atoms with E-state index in [4.69, 9.17) is 4.98 Å². The monoisotopic (exact) mass is 509 g/mol. The molecule has 0 saturated carbocycles. The van der Waals surface area contributed by atoms with Gasteiger partial charge in [0.2, 0.25) is 0 Å². The summed E-state index contributed by atoms with van der Waals surface area (Å²) in [6, 6.07) is 12.7. The Morgan fingerprint density at radius 3 is 2.61 bits per heavy atom. The van der Waals surface area contributed by atoms with Crippen molar-refractivity contribution in [1.82, 2.24) is 30.2 Å². The van der Waals surface area contributed by atoms with Gasteiger partial charge in [-0.3, -0.25) is 14.8 Å². The van der Waals surface area contributed by atoms with Crippen molar-refractivity contribution in [3.8, 4) is 11.4 Å². The molecule has 190 valence electrons. The molecule has 2 N–H and O–H groups in total. The zero-order valence-electron chi connectivity index (χ0n) is 20.3. The summed E-state index contributed by atoms with van der Waals surface area (Å²) < 4.78 is 23.5. The lowest BCUT2D eigenvalue weighted by Crippen LogP contribution is -2.23. The molecule has 0 radical (unpaired) electrons. The number of nitrogens with one attached hydrogen (secondary N) is 2. The molecule has 0 aliphatic heterocycles. The van der Waals surface area contributed by atoms with Gasteiger partial charge in [0.25, 0.3) is 5.91 Å². The Morgan fingerprint density at radius 2 is 1.83 bits per heavy atom. The molecule has 0 aliphatic carbocycles. The van der Waals surface area contributed by atoms with E-state index in [1.807, 2.05) is 50.5 Å². The van der Waals surface area contributed by atoms with Gasteiger partial charge in [-0.05, 0) is 50.5 Å². The third kappa shape index (κ3) is 6.37. The van der Waals surface area contributed by atoms with E-state index in [2.05, 4.69) is 30.5 Å². The second kappa shape index (κ2) is 10.8. The van der Waals surface area contributed by atoms with Crippen molar-refractivity contribution in [3.63, 3.8) is 0 Å². The number of amides is 1. The highest BCUT2D eigenvalue weighted by atomic mass is 32.2. The fourth-order valence-corrected chi connectivity index (χ4v) is 3.99. The van der Waals surface area contributed by atoms with Crippen molar-refractivity contribution in [1.29, 1.82) is 0 Å². The molecular formula is C25H31N7O3S. The maximum absolute atomic E-state index is 12.5. The van der Waals surface area contributed by atoms with Crippen LogP contribution < -0.4 is 10.6 Å². The first-order valence-corrected chi connectivity index (χ1v) is 13.1. The highest BCUT2D eigenvalue weighted by molar-refractivity contribution is 7.90. The molecule has 4 aromatic heterocycles. The Bertz CT molecular complexity index is 1520. The zero-order chi connectivity index (χ0) is 25.7. The zero-order valence-corrected chi connectivity index (χ0v) is 21.1. The number of sulfone groups is 1. The minimum absolute atomic E-state index is 0. The van der Waals surface area contributed by atoms with Crippen LogP contribution in [0.1, 0.15) is 18.9 Å². The Kier molecular flexibility index (Phi) is 7.51. The minimum Gasteiger partial charge on any atom is -0.369 e. The lowest BCUT2D eigenvalue weighted by atomic mass is 10.2. The van der Waals surface area contributed by atoms with Gasteiger partial charge < -0.3 is 15.5 Å². The topological polar surface area (TPSA) is 130 Å². The fourth-order valence-electron chi connectivity index (χ4n) is 3.40. The van der Waals surface area contributed by atoms with Crippen LogP contribution in [0.4, 0.5) is 5.82 Å². The summed E-state index contributed by atoms with van der Waals surface area (Å²) in [6.07, 6.45) is 5.30. The molecule has 0 bridgehead atoms. The van der Waals surface area contributed by atoms with Crippen LogP contribution in [0.2, 0.25) is 0 Å². The van der Waals surface area contributed by atoms with Crippen LogP contribution in [0.3, 0.4) is 0 Å². The number of nitrogens with zero attached hydrogens (tertiary/aromatic N) is 5. The number of aromatic nitrogens is 4. The maximum Gasteiger partial charge on any atom is 0.253 e. The molecule has 10 nitrogen and oxygen atoms in total. The van der Waals surface area contributed by atoms with Crippen molar-refractivity contribution in [3.05, 3.63) is 72.3 Å². The summed E-state index contributed by atoms with van der Waals surface area (Å²) in [6.45, 7) is 1.82. The number of carbonyl (C=O) groups excluding carboxylic acids is 1. The van der Waals surface area contributed by atoms with Crippen molar-refractivity contribution in [2.45, 2.75) is 11.4 Å². The first-order valence-electron chi connectivity index (χ1n) is 11.2. The Balaban J connectivity index is 0.00000253. The summed E-state index contributed by atoms with van der Waals surface area (Å²) in [5, 5.41) is 6.93. The van der Waals surface area contributed by atoms with Crippen molar-refractivity contribution >= 4 is 32.5 Å².